The fraction of sp³-hybridized carbons (Fsp3) is 0.857. The van der Waals surface area contributed by atoms with Crippen LogP contribution in [0.25, 0.3) is 0 Å². The third-order valence-electron chi connectivity index (χ3n) is 2.08. The topological polar surface area (TPSA) is 83.5 Å². The highest BCUT2D eigenvalue weighted by Gasteiger charge is 2.39. The van der Waals surface area contributed by atoms with Crippen molar-refractivity contribution in [1.29, 1.82) is 0 Å². The Morgan fingerprint density at radius 1 is 1.67 bits per heavy atom. The van der Waals surface area contributed by atoms with Gasteiger partial charge in [-0.05, 0) is 18.6 Å². The Bertz CT molecular complexity index is 179. The zero-order chi connectivity index (χ0) is 9.19. The van der Waals surface area contributed by atoms with Crippen molar-refractivity contribution in [1.82, 2.24) is 0 Å². The molecule has 0 bridgehead atoms. The lowest BCUT2D eigenvalue weighted by Crippen LogP contribution is -2.57. The summed E-state index contributed by atoms with van der Waals surface area (Å²) in [7, 11) is 0. The number of carbonyl (C=O) groups is 1. The van der Waals surface area contributed by atoms with Crippen molar-refractivity contribution >= 4 is 17.7 Å². The van der Waals surface area contributed by atoms with Crippen molar-refractivity contribution in [2.75, 3.05) is 11.5 Å². The minimum Gasteiger partial charge on any atom is -0.479 e. The first-order chi connectivity index (χ1) is 5.56. The van der Waals surface area contributed by atoms with Crippen molar-refractivity contribution in [2.24, 2.45) is 5.73 Å². The average molecular weight is 191 g/mol. The number of hydrogen-bond acceptors (Lipinski definition) is 4. The molecule has 2 atom stereocenters. The van der Waals surface area contributed by atoms with Gasteiger partial charge in [0, 0.05) is 5.75 Å². The molecular weight excluding hydrogens is 178 g/mol. The molecule has 0 aromatic rings. The molecule has 0 radical (unpaired) electrons. The van der Waals surface area contributed by atoms with Crippen LogP contribution in [0.2, 0.25) is 0 Å². The molecule has 12 heavy (non-hydrogen) atoms. The molecule has 0 saturated carbocycles. The van der Waals surface area contributed by atoms with Gasteiger partial charge in [0.25, 0.3) is 0 Å². The number of hydrogen-bond donors (Lipinski definition) is 3. The van der Waals surface area contributed by atoms with Gasteiger partial charge in [0.2, 0.25) is 0 Å². The molecule has 1 saturated heterocycles. The van der Waals surface area contributed by atoms with E-state index < -0.39 is 17.6 Å². The Hall–Kier alpha value is -0.260. The summed E-state index contributed by atoms with van der Waals surface area (Å²) >= 11 is 1.60. The molecule has 1 fully saturated rings. The van der Waals surface area contributed by atoms with Crippen molar-refractivity contribution in [3.63, 3.8) is 0 Å². The predicted molar refractivity (Wildman–Crippen MR) is 47.1 cm³/mol. The first-order valence-electron chi connectivity index (χ1n) is 3.84. The van der Waals surface area contributed by atoms with Gasteiger partial charge in [0.15, 0.2) is 6.10 Å². The van der Waals surface area contributed by atoms with Crippen molar-refractivity contribution < 1.29 is 15.0 Å². The van der Waals surface area contributed by atoms with Crippen LogP contribution < -0.4 is 5.73 Å². The molecule has 1 rings (SSSR count). The van der Waals surface area contributed by atoms with E-state index in [2.05, 4.69) is 0 Å². The lowest BCUT2D eigenvalue weighted by molar-refractivity contribution is -0.150. The SMILES string of the molecule is NC1(C(O)C(=O)O)CCCSC1. The summed E-state index contributed by atoms with van der Waals surface area (Å²) in [5.41, 5.74) is 4.83. The smallest absolute Gasteiger partial charge is 0.334 e. The van der Waals surface area contributed by atoms with E-state index in [9.17, 15) is 9.90 Å². The van der Waals surface area contributed by atoms with Gasteiger partial charge >= 0.3 is 5.97 Å². The maximum absolute atomic E-state index is 10.5. The Morgan fingerprint density at radius 3 is 2.75 bits per heavy atom. The zero-order valence-electron chi connectivity index (χ0n) is 6.69. The van der Waals surface area contributed by atoms with Crippen LogP contribution in [0.3, 0.4) is 0 Å². The molecule has 4 N–H and O–H groups in total. The second-order valence-corrected chi connectivity index (χ2v) is 4.24. The van der Waals surface area contributed by atoms with Gasteiger partial charge in [-0.25, -0.2) is 4.79 Å². The number of rotatable bonds is 2. The van der Waals surface area contributed by atoms with Gasteiger partial charge in [-0.1, -0.05) is 0 Å². The van der Waals surface area contributed by atoms with E-state index in [-0.39, 0.29) is 0 Å². The molecule has 0 aliphatic carbocycles. The van der Waals surface area contributed by atoms with Crippen LogP contribution in [0.5, 0.6) is 0 Å². The van der Waals surface area contributed by atoms with Crippen molar-refractivity contribution in [3.8, 4) is 0 Å². The second-order valence-electron chi connectivity index (χ2n) is 3.13. The lowest BCUT2D eigenvalue weighted by Gasteiger charge is -2.34. The van der Waals surface area contributed by atoms with Crippen LogP contribution in [-0.4, -0.2) is 39.3 Å². The van der Waals surface area contributed by atoms with Crippen LogP contribution in [0.4, 0.5) is 0 Å². The predicted octanol–water partition coefficient (Wildman–Crippen LogP) is -0.344. The summed E-state index contributed by atoms with van der Waals surface area (Å²) in [4.78, 5) is 10.5. The Labute approximate surface area is 75.1 Å². The monoisotopic (exact) mass is 191 g/mol. The van der Waals surface area contributed by atoms with Gasteiger partial charge in [-0.2, -0.15) is 11.8 Å². The average Bonchev–Trinajstić information content (AvgIpc) is 2.04. The fourth-order valence-electron chi connectivity index (χ4n) is 1.30. The van der Waals surface area contributed by atoms with Crippen molar-refractivity contribution in [2.45, 2.75) is 24.5 Å². The molecule has 0 spiro atoms. The van der Waals surface area contributed by atoms with E-state index in [1.165, 1.54) is 0 Å². The highest BCUT2D eigenvalue weighted by atomic mass is 32.2. The van der Waals surface area contributed by atoms with E-state index in [1.807, 2.05) is 0 Å². The number of thioether (sulfide) groups is 1. The molecular formula is C7H13NO3S. The standard InChI is InChI=1S/C7H13NO3S/c8-7(5(9)6(10)11)2-1-3-12-4-7/h5,9H,1-4,8H2,(H,10,11). The molecule has 4 nitrogen and oxygen atoms in total. The van der Waals surface area contributed by atoms with Gasteiger partial charge in [-0.15, -0.1) is 0 Å². The molecule has 2 unspecified atom stereocenters. The summed E-state index contributed by atoms with van der Waals surface area (Å²) in [5, 5.41) is 17.8. The zero-order valence-corrected chi connectivity index (χ0v) is 7.51. The quantitative estimate of drug-likeness (QED) is 0.556. The molecule has 5 heteroatoms. The summed E-state index contributed by atoms with van der Waals surface area (Å²) in [6.45, 7) is 0. The van der Waals surface area contributed by atoms with Crippen LogP contribution in [0, 0.1) is 0 Å². The number of nitrogens with two attached hydrogens (primary N) is 1. The van der Waals surface area contributed by atoms with E-state index in [0.29, 0.717) is 12.2 Å². The number of carboxylic acids is 1. The van der Waals surface area contributed by atoms with Crippen LogP contribution in [-0.2, 0) is 4.79 Å². The van der Waals surface area contributed by atoms with Gasteiger partial charge in [0.1, 0.15) is 0 Å². The lowest BCUT2D eigenvalue weighted by atomic mass is 9.90. The third kappa shape index (κ3) is 1.91. The molecule has 70 valence electrons. The Morgan fingerprint density at radius 2 is 2.33 bits per heavy atom. The number of aliphatic carboxylic acids is 1. The van der Waals surface area contributed by atoms with Gasteiger partial charge in [-0.3, -0.25) is 0 Å². The third-order valence-corrected chi connectivity index (χ3v) is 3.40. The normalized spacial score (nSPS) is 32.8. The Balaban J connectivity index is 2.62. The maximum Gasteiger partial charge on any atom is 0.334 e. The molecule has 1 aliphatic rings. The summed E-state index contributed by atoms with van der Waals surface area (Å²) in [6.07, 6.45) is 0.0456. The first-order valence-corrected chi connectivity index (χ1v) is 4.99. The highest BCUT2D eigenvalue weighted by Crippen LogP contribution is 2.27. The number of aliphatic hydroxyl groups excluding tert-OH is 1. The maximum atomic E-state index is 10.5. The van der Waals surface area contributed by atoms with Crippen LogP contribution >= 0.6 is 11.8 Å². The molecule has 1 heterocycles. The minimum atomic E-state index is -1.43. The van der Waals surface area contributed by atoms with Gasteiger partial charge in [0.05, 0.1) is 5.54 Å². The van der Waals surface area contributed by atoms with E-state index >= 15 is 0 Å². The van der Waals surface area contributed by atoms with Gasteiger partial charge < -0.3 is 15.9 Å². The number of aliphatic hydroxyl groups is 1. The summed E-state index contributed by atoms with van der Waals surface area (Å²) in [6, 6.07) is 0. The highest BCUT2D eigenvalue weighted by molar-refractivity contribution is 7.99. The van der Waals surface area contributed by atoms with E-state index in [4.69, 9.17) is 10.8 Å². The molecule has 1 aliphatic heterocycles. The van der Waals surface area contributed by atoms with E-state index in [0.717, 1.165) is 12.2 Å². The number of carboxylic acid groups (broad SMARTS) is 1. The minimum absolute atomic E-state index is 0.528. The van der Waals surface area contributed by atoms with Crippen LogP contribution in [0.1, 0.15) is 12.8 Å². The largest absolute Gasteiger partial charge is 0.479 e. The van der Waals surface area contributed by atoms with Crippen molar-refractivity contribution in [3.05, 3.63) is 0 Å². The molecule has 0 aromatic heterocycles. The second kappa shape index (κ2) is 3.64. The molecule has 0 aromatic carbocycles. The van der Waals surface area contributed by atoms with E-state index in [1.54, 1.807) is 11.8 Å². The van der Waals surface area contributed by atoms with Crippen LogP contribution in [0.15, 0.2) is 0 Å². The first kappa shape index (κ1) is 9.83. The summed E-state index contributed by atoms with van der Waals surface area (Å²) in [5.74, 6) is 0.311. The fourth-order valence-corrected chi connectivity index (χ4v) is 2.47. The molecule has 0 amide bonds. The summed E-state index contributed by atoms with van der Waals surface area (Å²) < 4.78 is 0. The Kier molecular flexibility index (Phi) is 2.98.